The van der Waals surface area contributed by atoms with Gasteiger partial charge in [0.25, 0.3) is 0 Å². The number of para-hydroxylation sites is 1. The van der Waals surface area contributed by atoms with Gasteiger partial charge >= 0.3 is 0 Å². The second kappa shape index (κ2) is 11.2. The smallest absolute Gasteiger partial charge is 0.230 e. The molecule has 8 heteroatoms. The first-order chi connectivity index (χ1) is 15.1. The van der Waals surface area contributed by atoms with Crippen molar-refractivity contribution >= 4 is 17.7 Å². The third kappa shape index (κ3) is 6.11. The summed E-state index contributed by atoms with van der Waals surface area (Å²) in [7, 11) is 4.83. The summed E-state index contributed by atoms with van der Waals surface area (Å²) in [5.74, 6) is 2.32. The van der Waals surface area contributed by atoms with Crippen molar-refractivity contribution in [2.45, 2.75) is 11.4 Å². The number of carbonyl (C=O) groups is 1. The van der Waals surface area contributed by atoms with Crippen LogP contribution in [0, 0.1) is 0 Å². The highest BCUT2D eigenvalue weighted by molar-refractivity contribution is 7.99. The summed E-state index contributed by atoms with van der Waals surface area (Å²) in [6.07, 6.45) is 0.699. The zero-order chi connectivity index (χ0) is 22.1. The fourth-order valence-corrected chi connectivity index (χ4v) is 3.61. The predicted octanol–water partition coefficient (Wildman–Crippen LogP) is 3.62. The van der Waals surface area contributed by atoms with Crippen LogP contribution in [0.4, 0.5) is 0 Å². The average molecular weight is 440 g/mol. The number of hydrogen-bond acceptors (Lipinski definition) is 7. The van der Waals surface area contributed by atoms with Crippen LogP contribution in [0.25, 0.3) is 11.3 Å². The van der Waals surface area contributed by atoms with Crippen LogP contribution >= 0.6 is 11.8 Å². The fourth-order valence-electron chi connectivity index (χ4n) is 2.97. The zero-order valence-corrected chi connectivity index (χ0v) is 18.6. The van der Waals surface area contributed by atoms with Crippen LogP contribution in [0.2, 0.25) is 0 Å². The Bertz CT molecular complexity index is 1010. The van der Waals surface area contributed by atoms with Gasteiger partial charge in [-0.3, -0.25) is 4.79 Å². The van der Waals surface area contributed by atoms with E-state index in [9.17, 15) is 4.79 Å². The Morgan fingerprint density at radius 2 is 1.68 bits per heavy atom. The number of hydrogen-bond donors (Lipinski definition) is 1. The Labute approximate surface area is 186 Å². The minimum Gasteiger partial charge on any atom is -0.496 e. The molecular weight excluding hydrogens is 414 g/mol. The molecule has 0 bridgehead atoms. The number of aromatic nitrogens is 2. The molecule has 0 aliphatic rings. The molecule has 0 spiro atoms. The van der Waals surface area contributed by atoms with Crippen molar-refractivity contribution in [1.29, 1.82) is 0 Å². The highest BCUT2D eigenvalue weighted by Gasteiger charge is 2.09. The van der Waals surface area contributed by atoms with Gasteiger partial charge in [0.1, 0.15) is 10.8 Å². The second-order valence-corrected chi connectivity index (χ2v) is 7.53. The Kier molecular flexibility index (Phi) is 8.12. The maximum atomic E-state index is 12.2. The van der Waals surface area contributed by atoms with E-state index in [-0.39, 0.29) is 11.7 Å². The van der Waals surface area contributed by atoms with E-state index in [1.165, 1.54) is 11.8 Å². The molecule has 1 amide bonds. The number of carbonyl (C=O) groups excluding carboxylic acids is 1. The molecule has 7 nitrogen and oxygen atoms in total. The number of amides is 1. The Morgan fingerprint density at radius 1 is 0.903 bits per heavy atom. The molecule has 0 radical (unpaired) electrons. The summed E-state index contributed by atoms with van der Waals surface area (Å²) in [5, 5.41) is 12.1. The minimum atomic E-state index is -0.0546. The van der Waals surface area contributed by atoms with Crippen LogP contribution in [0.3, 0.4) is 0 Å². The molecule has 2 aromatic carbocycles. The normalized spacial score (nSPS) is 10.4. The van der Waals surface area contributed by atoms with Crippen LogP contribution in [0.1, 0.15) is 5.56 Å². The van der Waals surface area contributed by atoms with Crippen LogP contribution in [-0.2, 0) is 11.2 Å². The van der Waals surface area contributed by atoms with Crippen molar-refractivity contribution in [3.63, 3.8) is 0 Å². The summed E-state index contributed by atoms with van der Waals surface area (Å²) in [6.45, 7) is 0.535. The van der Waals surface area contributed by atoms with Gasteiger partial charge in [0, 0.05) is 12.1 Å². The van der Waals surface area contributed by atoms with Gasteiger partial charge in [-0.25, -0.2) is 0 Å². The molecule has 0 aliphatic heterocycles. The quantitative estimate of drug-likeness (QED) is 0.483. The first kappa shape index (κ1) is 22.4. The first-order valence-corrected chi connectivity index (χ1v) is 10.7. The lowest BCUT2D eigenvalue weighted by atomic mass is 10.1. The molecule has 31 heavy (non-hydrogen) atoms. The van der Waals surface area contributed by atoms with Gasteiger partial charge in [-0.05, 0) is 48.4 Å². The summed E-state index contributed by atoms with van der Waals surface area (Å²) in [4.78, 5) is 12.2. The second-order valence-electron chi connectivity index (χ2n) is 6.54. The Hall–Kier alpha value is -3.26. The predicted molar refractivity (Wildman–Crippen MR) is 121 cm³/mol. The molecule has 0 unspecified atom stereocenters. The summed E-state index contributed by atoms with van der Waals surface area (Å²) in [6, 6.07) is 17.1. The number of nitrogens with one attached hydrogen (secondary N) is 1. The molecule has 1 aromatic heterocycles. The molecule has 162 valence electrons. The van der Waals surface area contributed by atoms with Gasteiger partial charge in [0.05, 0.1) is 32.8 Å². The maximum Gasteiger partial charge on any atom is 0.230 e. The molecule has 1 N–H and O–H groups in total. The van der Waals surface area contributed by atoms with Gasteiger partial charge in [-0.1, -0.05) is 30.0 Å². The molecule has 0 fully saturated rings. The van der Waals surface area contributed by atoms with Crippen LogP contribution in [-0.4, -0.2) is 49.7 Å². The van der Waals surface area contributed by atoms with E-state index < -0.39 is 0 Å². The molecule has 1 heterocycles. The Morgan fingerprint density at radius 3 is 2.39 bits per heavy atom. The van der Waals surface area contributed by atoms with Crippen molar-refractivity contribution in [3.8, 4) is 28.5 Å². The van der Waals surface area contributed by atoms with Crippen molar-refractivity contribution in [2.24, 2.45) is 0 Å². The van der Waals surface area contributed by atoms with E-state index in [1.54, 1.807) is 21.3 Å². The van der Waals surface area contributed by atoms with Crippen molar-refractivity contribution in [1.82, 2.24) is 15.5 Å². The SMILES string of the molecule is COc1ccc(CCNC(=O)CSc2ccc(-c3ccccc3OC)nn2)cc1OC. The zero-order valence-electron chi connectivity index (χ0n) is 17.8. The van der Waals surface area contributed by atoms with E-state index in [0.717, 1.165) is 22.6 Å². The third-order valence-electron chi connectivity index (χ3n) is 4.56. The summed E-state index contributed by atoms with van der Waals surface area (Å²) in [5.41, 5.74) is 2.66. The number of thioether (sulfide) groups is 1. The van der Waals surface area contributed by atoms with Gasteiger partial charge in [-0.2, -0.15) is 0 Å². The first-order valence-electron chi connectivity index (χ1n) is 9.72. The molecular formula is C23H25N3O4S. The third-order valence-corrected chi connectivity index (χ3v) is 5.48. The lowest BCUT2D eigenvalue weighted by Gasteiger charge is -2.10. The molecule has 0 aliphatic carbocycles. The highest BCUT2D eigenvalue weighted by atomic mass is 32.2. The number of methoxy groups -OCH3 is 3. The van der Waals surface area contributed by atoms with E-state index in [0.29, 0.717) is 29.5 Å². The van der Waals surface area contributed by atoms with Crippen LogP contribution in [0.5, 0.6) is 17.2 Å². The van der Waals surface area contributed by atoms with Crippen LogP contribution < -0.4 is 19.5 Å². The van der Waals surface area contributed by atoms with Gasteiger partial charge in [0.15, 0.2) is 11.5 Å². The number of rotatable bonds is 10. The van der Waals surface area contributed by atoms with E-state index in [4.69, 9.17) is 14.2 Å². The molecule has 0 saturated heterocycles. The summed E-state index contributed by atoms with van der Waals surface area (Å²) >= 11 is 1.35. The standard InChI is InChI=1S/C23H25N3O4S/c1-28-19-7-5-4-6-17(19)18-9-11-23(26-25-18)31-15-22(27)24-13-12-16-8-10-20(29-2)21(14-16)30-3/h4-11,14H,12-13,15H2,1-3H3,(H,24,27). The topological polar surface area (TPSA) is 82.6 Å². The van der Waals surface area contributed by atoms with Gasteiger partial charge in [0.2, 0.25) is 5.91 Å². The molecule has 3 rings (SSSR count). The van der Waals surface area contributed by atoms with Gasteiger partial charge < -0.3 is 19.5 Å². The van der Waals surface area contributed by atoms with Crippen LogP contribution in [0.15, 0.2) is 59.6 Å². The number of benzene rings is 2. The number of ether oxygens (including phenoxy) is 3. The molecule has 3 aromatic rings. The highest BCUT2D eigenvalue weighted by Crippen LogP contribution is 2.29. The monoisotopic (exact) mass is 439 g/mol. The molecule has 0 atom stereocenters. The van der Waals surface area contributed by atoms with Gasteiger partial charge in [-0.15, -0.1) is 10.2 Å². The largest absolute Gasteiger partial charge is 0.496 e. The lowest BCUT2D eigenvalue weighted by molar-refractivity contribution is -0.118. The Balaban J connectivity index is 1.46. The van der Waals surface area contributed by atoms with E-state index >= 15 is 0 Å². The average Bonchev–Trinajstić information content (AvgIpc) is 2.83. The maximum absolute atomic E-state index is 12.2. The molecule has 0 saturated carbocycles. The van der Waals surface area contributed by atoms with Crippen molar-refractivity contribution in [3.05, 3.63) is 60.2 Å². The number of nitrogens with zero attached hydrogens (tertiary/aromatic N) is 2. The van der Waals surface area contributed by atoms with Crippen molar-refractivity contribution < 1.29 is 19.0 Å². The van der Waals surface area contributed by atoms with Crippen molar-refractivity contribution in [2.75, 3.05) is 33.6 Å². The lowest BCUT2D eigenvalue weighted by Crippen LogP contribution is -2.27. The van der Waals surface area contributed by atoms with E-state index in [1.807, 2.05) is 54.6 Å². The van der Waals surface area contributed by atoms with E-state index in [2.05, 4.69) is 15.5 Å². The minimum absolute atomic E-state index is 0.0546. The summed E-state index contributed by atoms with van der Waals surface area (Å²) < 4.78 is 15.9. The fraction of sp³-hybridized carbons (Fsp3) is 0.261.